The molecule has 20 heavy (non-hydrogen) atoms. The first-order valence-corrected chi connectivity index (χ1v) is 6.47. The molecular weight excluding hydrogens is 250 g/mol. The second-order valence-electron chi connectivity index (χ2n) is 4.79. The van der Waals surface area contributed by atoms with E-state index in [2.05, 4.69) is 15.3 Å². The molecule has 0 spiro atoms. The predicted octanol–water partition coefficient (Wildman–Crippen LogP) is 3.43. The molecule has 3 rings (SSSR count). The Morgan fingerprint density at radius 3 is 2.80 bits per heavy atom. The van der Waals surface area contributed by atoms with Crippen LogP contribution >= 0.6 is 0 Å². The zero-order chi connectivity index (χ0) is 14.1. The number of rotatable bonds is 2. The fourth-order valence-electron chi connectivity index (χ4n) is 2.28. The van der Waals surface area contributed by atoms with E-state index in [1.165, 1.54) is 0 Å². The van der Waals surface area contributed by atoms with Crippen LogP contribution in [0.4, 0.5) is 5.69 Å². The third-order valence-corrected chi connectivity index (χ3v) is 3.31. The van der Waals surface area contributed by atoms with E-state index >= 15 is 0 Å². The van der Waals surface area contributed by atoms with E-state index in [0.717, 1.165) is 28.0 Å². The van der Waals surface area contributed by atoms with Crippen LogP contribution < -0.4 is 5.32 Å². The summed E-state index contributed by atoms with van der Waals surface area (Å²) in [5.74, 6) is -0.133. The molecule has 0 unspecified atom stereocenters. The lowest BCUT2D eigenvalue weighted by atomic mass is 10.1. The first-order chi connectivity index (χ1) is 9.65. The summed E-state index contributed by atoms with van der Waals surface area (Å²) in [6, 6.07) is 11.4. The molecule has 0 aliphatic heterocycles. The molecule has 1 aromatic carbocycles. The number of pyridine rings is 1. The number of H-pyrrole nitrogens is 1. The Balaban J connectivity index is 1.95. The van der Waals surface area contributed by atoms with Crippen LogP contribution in [-0.4, -0.2) is 15.9 Å². The summed E-state index contributed by atoms with van der Waals surface area (Å²) in [4.78, 5) is 19.9. The van der Waals surface area contributed by atoms with Gasteiger partial charge in [-0.2, -0.15) is 0 Å². The van der Waals surface area contributed by atoms with Gasteiger partial charge in [0.1, 0.15) is 0 Å². The third-order valence-electron chi connectivity index (χ3n) is 3.31. The summed E-state index contributed by atoms with van der Waals surface area (Å²) in [5.41, 5.74) is 3.98. The van der Waals surface area contributed by atoms with Gasteiger partial charge in [0.05, 0.1) is 22.5 Å². The fraction of sp³-hybridized carbons (Fsp3) is 0.125. The van der Waals surface area contributed by atoms with Crippen LogP contribution in [0.2, 0.25) is 0 Å². The van der Waals surface area contributed by atoms with Crippen molar-refractivity contribution >= 4 is 22.5 Å². The summed E-state index contributed by atoms with van der Waals surface area (Å²) < 4.78 is 0. The van der Waals surface area contributed by atoms with E-state index in [1.807, 2.05) is 56.4 Å². The molecule has 0 aliphatic rings. The predicted molar refractivity (Wildman–Crippen MR) is 80.0 cm³/mol. The number of nitrogens with one attached hydrogen (secondary N) is 2. The van der Waals surface area contributed by atoms with Gasteiger partial charge in [0.15, 0.2) is 0 Å². The largest absolute Gasteiger partial charge is 0.361 e. The van der Waals surface area contributed by atoms with Crippen molar-refractivity contribution in [3.8, 4) is 0 Å². The summed E-state index contributed by atoms with van der Waals surface area (Å²) in [6.07, 6.45) is 1.83. The molecule has 3 aromatic rings. The molecule has 0 radical (unpaired) electrons. The maximum absolute atomic E-state index is 12.4. The second kappa shape index (κ2) is 4.81. The van der Waals surface area contributed by atoms with Gasteiger partial charge in [-0.15, -0.1) is 0 Å². The van der Waals surface area contributed by atoms with Crippen LogP contribution in [0, 0.1) is 13.8 Å². The third kappa shape index (κ3) is 2.16. The summed E-state index contributed by atoms with van der Waals surface area (Å²) in [7, 11) is 0. The maximum Gasteiger partial charge on any atom is 0.257 e. The number of aryl methyl sites for hydroxylation is 2. The Morgan fingerprint density at radius 2 is 2.00 bits per heavy atom. The number of hydrogen-bond acceptors (Lipinski definition) is 2. The van der Waals surface area contributed by atoms with Gasteiger partial charge in [0, 0.05) is 17.3 Å². The standard InChI is InChI=1S/C16H15N3O/c1-10-6-7-14(11(2)18-10)19-16(20)13-5-3-4-12-8-9-17-15(12)13/h3-9,17H,1-2H3,(H,19,20). The molecule has 2 heterocycles. The van der Waals surface area contributed by atoms with Crippen LogP contribution in [-0.2, 0) is 0 Å². The number of nitrogens with zero attached hydrogens (tertiary/aromatic N) is 1. The number of carbonyl (C=O) groups excluding carboxylic acids is 1. The fourth-order valence-corrected chi connectivity index (χ4v) is 2.28. The highest BCUT2D eigenvalue weighted by atomic mass is 16.1. The van der Waals surface area contributed by atoms with E-state index in [4.69, 9.17) is 0 Å². The minimum atomic E-state index is -0.133. The highest BCUT2D eigenvalue weighted by Gasteiger charge is 2.12. The first kappa shape index (κ1) is 12.4. The van der Waals surface area contributed by atoms with Crippen molar-refractivity contribution in [2.45, 2.75) is 13.8 Å². The van der Waals surface area contributed by atoms with Gasteiger partial charge in [-0.05, 0) is 38.1 Å². The van der Waals surface area contributed by atoms with Crippen molar-refractivity contribution in [3.63, 3.8) is 0 Å². The average molecular weight is 265 g/mol. The lowest BCUT2D eigenvalue weighted by molar-refractivity contribution is 0.102. The van der Waals surface area contributed by atoms with Gasteiger partial charge >= 0.3 is 0 Å². The minimum absolute atomic E-state index is 0.133. The number of aromatic nitrogens is 2. The second-order valence-corrected chi connectivity index (χ2v) is 4.79. The lowest BCUT2D eigenvalue weighted by Gasteiger charge is -2.09. The topological polar surface area (TPSA) is 57.8 Å². The molecule has 4 nitrogen and oxygen atoms in total. The highest BCUT2D eigenvalue weighted by Crippen LogP contribution is 2.19. The van der Waals surface area contributed by atoms with Gasteiger partial charge in [-0.3, -0.25) is 9.78 Å². The molecule has 0 saturated heterocycles. The lowest BCUT2D eigenvalue weighted by Crippen LogP contribution is -2.13. The van der Waals surface area contributed by atoms with Crippen LogP contribution in [0.3, 0.4) is 0 Å². The summed E-state index contributed by atoms with van der Waals surface area (Å²) >= 11 is 0. The molecule has 0 atom stereocenters. The smallest absolute Gasteiger partial charge is 0.257 e. The molecule has 0 bridgehead atoms. The van der Waals surface area contributed by atoms with Crippen molar-refractivity contribution < 1.29 is 4.79 Å². The Morgan fingerprint density at radius 1 is 1.15 bits per heavy atom. The molecule has 2 N–H and O–H groups in total. The zero-order valence-corrected chi connectivity index (χ0v) is 11.4. The molecule has 0 aliphatic carbocycles. The Hall–Kier alpha value is -2.62. The Labute approximate surface area is 116 Å². The van der Waals surface area contributed by atoms with E-state index in [-0.39, 0.29) is 5.91 Å². The summed E-state index contributed by atoms with van der Waals surface area (Å²) in [5, 5.41) is 3.94. The summed E-state index contributed by atoms with van der Waals surface area (Å²) in [6.45, 7) is 3.82. The quantitative estimate of drug-likeness (QED) is 0.745. The van der Waals surface area contributed by atoms with Crippen LogP contribution in [0.25, 0.3) is 10.9 Å². The average Bonchev–Trinajstić information content (AvgIpc) is 2.90. The molecule has 1 amide bonds. The van der Waals surface area contributed by atoms with E-state index in [9.17, 15) is 4.79 Å². The monoisotopic (exact) mass is 265 g/mol. The normalized spacial score (nSPS) is 10.7. The van der Waals surface area contributed by atoms with Crippen molar-refractivity contribution in [1.29, 1.82) is 0 Å². The molecular formula is C16H15N3O. The number of fused-ring (bicyclic) bond motifs is 1. The molecule has 100 valence electrons. The number of aromatic amines is 1. The van der Waals surface area contributed by atoms with Crippen molar-refractivity contribution in [2.75, 3.05) is 5.32 Å². The molecule has 4 heteroatoms. The van der Waals surface area contributed by atoms with Gasteiger partial charge in [0.2, 0.25) is 0 Å². The Kier molecular flexibility index (Phi) is 2.99. The molecule has 2 aromatic heterocycles. The number of carbonyl (C=O) groups is 1. The number of benzene rings is 1. The van der Waals surface area contributed by atoms with Crippen molar-refractivity contribution in [1.82, 2.24) is 9.97 Å². The minimum Gasteiger partial charge on any atom is -0.361 e. The SMILES string of the molecule is Cc1ccc(NC(=O)c2cccc3cc[nH]c23)c(C)n1. The Bertz CT molecular complexity index is 789. The number of amides is 1. The van der Waals surface area contributed by atoms with Crippen molar-refractivity contribution in [3.05, 3.63) is 59.5 Å². The van der Waals surface area contributed by atoms with Crippen LogP contribution in [0.1, 0.15) is 21.7 Å². The van der Waals surface area contributed by atoms with Gasteiger partial charge in [-0.1, -0.05) is 12.1 Å². The van der Waals surface area contributed by atoms with Gasteiger partial charge < -0.3 is 10.3 Å². The number of hydrogen-bond donors (Lipinski definition) is 2. The van der Waals surface area contributed by atoms with E-state index < -0.39 is 0 Å². The first-order valence-electron chi connectivity index (χ1n) is 6.47. The zero-order valence-electron chi connectivity index (χ0n) is 11.4. The highest BCUT2D eigenvalue weighted by molar-refractivity contribution is 6.12. The van der Waals surface area contributed by atoms with Gasteiger partial charge in [-0.25, -0.2) is 0 Å². The van der Waals surface area contributed by atoms with Crippen LogP contribution in [0.5, 0.6) is 0 Å². The molecule has 0 saturated carbocycles. The van der Waals surface area contributed by atoms with E-state index in [1.54, 1.807) is 0 Å². The van der Waals surface area contributed by atoms with Crippen LogP contribution in [0.15, 0.2) is 42.6 Å². The van der Waals surface area contributed by atoms with Gasteiger partial charge in [0.25, 0.3) is 5.91 Å². The molecule has 0 fully saturated rings. The van der Waals surface area contributed by atoms with E-state index in [0.29, 0.717) is 5.56 Å². The van der Waals surface area contributed by atoms with Crippen molar-refractivity contribution in [2.24, 2.45) is 0 Å². The number of para-hydroxylation sites is 1. The maximum atomic E-state index is 12.4. The number of anilines is 1.